The van der Waals surface area contributed by atoms with Crippen molar-refractivity contribution in [1.29, 1.82) is 0 Å². The molecule has 0 bridgehead atoms. The molecule has 21 heavy (non-hydrogen) atoms. The van der Waals surface area contributed by atoms with Gasteiger partial charge in [0.1, 0.15) is 5.82 Å². The van der Waals surface area contributed by atoms with Crippen LogP contribution in [-0.2, 0) is 13.0 Å². The zero-order chi connectivity index (χ0) is 15.0. The Balaban J connectivity index is 2.00. The Morgan fingerprint density at radius 1 is 1.33 bits per heavy atom. The minimum Gasteiger partial charge on any atom is -0.325 e. The molecule has 1 atom stereocenters. The quantitative estimate of drug-likeness (QED) is 0.626. The fraction of sp³-hybridized carbons (Fsp3) is 0.333. The number of para-hydroxylation sites is 1. The number of benzene rings is 1. The summed E-state index contributed by atoms with van der Waals surface area (Å²) in [5, 5.41) is 3.73. The van der Waals surface area contributed by atoms with Crippen molar-refractivity contribution >= 4 is 45.6 Å². The van der Waals surface area contributed by atoms with Crippen molar-refractivity contribution in [3.8, 4) is 0 Å². The number of thiazole rings is 1. The Bertz CT molecular complexity index is 776. The molecule has 2 heterocycles. The summed E-state index contributed by atoms with van der Waals surface area (Å²) in [4.78, 5) is 9.13. The molecular formula is C15H15Cl2N3S. The fourth-order valence-electron chi connectivity index (χ4n) is 2.44. The van der Waals surface area contributed by atoms with Crippen LogP contribution in [0.15, 0.2) is 23.6 Å². The summed E-state index contributed by atoms with van der Waals surface area (Å²) in [6.07, 6.45) is 0.845. The lowest BCUT2D eigenvalue weighted by atomic mass is 10.3. The number of rotatable bonds is 4. The molecule has 0 saturated heterocycles. The van der Waals surface area contributed by atoms with Crippen LogP contribution in [0, 0.1) is 6.92 Å². The zero-order valence-electron chi connectivity index (χ0n) is 11.8. The van der Waals surface area contributed by atoms with Gasteiger partial charge in [0.15, 0.2) is 0 Å². The molecule has 0 aliphatic carbocycles. The van der Waals surface area contributed by atoms with Crippen molar-refractivity contribution in [3.63, 3.8) is 0 Å². The number of aryl methyl sites for hydroxylation is 3. The maximum Gasteiger partial charge on any atom is 0.127 e. The molecule has 2 aromatic heterocycles. The van der Waals surface area contributed by atoms with E-state index in [1.807, 2.05) is 32.0 Å². The van der Waals surface area contributed by atoms with Crippen LogP contribution in [0.4, 0.5) is 0 Å². The second-order valence-corrected chi connectivity index (χ2v) is 7.08. The largest absolute Gasteiger partial charge is 0.325 e. The Morgan fingerprint density at radius 3 is 2.81 bits per heavy atom. The molecule has 0 aliphatic rings. The van der Waals surface area contributed by atoms with E-state index in [-0.39, 0.29) is 5.38 Å². The monoisotopic (exact) mass is 339 g/mol. The van der Waals surface area contributed by atoms with Gasteiger partial charge in [0.05, 0.1) is 32.1 Å². The minimum absolute atomic E-state index is 0.161. The third kappa shape index (κ3) is 2.93. The molecule has 0 spiro atoms. The van der Waals surface area contributed by atoms with E-state index in [4.69, 9.17) is 23.2 Å². The lowest BCUT2D eigenvalue weighted by Crippen LogP contribution is -2.07. The van der Waals surface area contributed by atoms with Gasteiger partial charge in [-0.3, -0.25) is 0 Å². The summed E-state index contributed by atoms with van der Waals surface area (Å²) >= 11 is 14.3. The Hall–Kier alpha value is -1.10. The van der Waals surface area contributed by atoms with E-state index >= 15 is 0 Å². The van der Waals surface area contributed by atoms with Crippen LogP contribution in [0.3, 0.4) is 0 Å². The van der Waals surface area contributed by atoms with Crippen LogP contribution in [0.25, 0.3) is 11.0 Å². The van der Waals surface area contributed by atoms with Gasteiger partial charge in [-0.15, -0.1) is 22.9 Å². The highest BCUT2D eigenvalue weighted by Crippen LogP contribution is 2.29. The van der Waals surface area contributed by atoms with Crippen LogP contribution in [0.5, 0.6) is 0 Å². The first-order valence-corrected chi connectivity index (χ1v) is 8.45. The molecule has 3 aromatic rings. The summed E-state index contributed by atoms with van der Waals surface area (Å²) in [6, 6.07) is 5.76. The summed E-state index contributed by atoms with van der Waals surface area (Å²) in [7, 11) is 0. The number of aromatic nitrogens is 3. The normalized spacial score (nSPS) is 13.0. The molecular weight excluding hydrogens is 325 g/mol. The SMILES string of the molecule is Cc1nc(CCn2c(C(C)Cl)nc3cccc(Cl)c32)cs1. The second kappa shape index (κ2) is 5.95. The lowest BCUT2D eigenvalue weighted by molar-refractivity contribution is 0.661. The number of hydrogen-bond acceptors (Lipinski definition) is 3. The minimum atomic E-state index is -0.161. The molecule has 0 fully saturated rings. The van der Waals surface area contributed by atoms with Crippen LogP contribution >= 0.6 is 34.5 Å². The van der Waals surface area contributed by atoms with E-state index in [0.717, 1.165) is 40.5 Å². The first kappa shape index (κ1) is 14.8. The predicted octanol–water partition coefficient (Wildman–Crippen LogP) is 5.00. The van der Waals surface area contributed by atoms with Crippen molar-refractivity contribution in [2.75, 3.05) is 0 Å². The molecule has 6 heteroatoms. The summed E-state index contributed by atoms with van der Waals surface area (Å²) in [5.74, 6) is 0.853. The topological polar surface area (TPSA) is 30.7 Å². The van der Waals surface area contributed by atoms with Gasteiger partial charge >= 0.3 is 0 Å². The van der Waals surface area contributed by atoms with Crippen molar-refractivity contribution in [1.82, 2.24) is 14.5 Å². The average Bonchev–Trinajstić information content (AvgIpc) is 3.01. The molecule has 0 N–H and O–H groups in total. The van der Waals surface area contributed by atoms with Crippen molar-refractivity contribution in [2.24, 2.45) is 0 Å². The van der Waals surface area contributed by atoms with Gasteiger partial charge in [0.2, 0.25) is 0 Å². The van der Waals surface area contributed by atoms with Gasteiger partial charge in [-0.1, -0.05) is 17.7 Å². The first-order valence-electron chi connectivity index (χ1n) is 6.76. The zero-order valence-corrected chi connectivity index (χ0v) is 14.1. The van der Waals surface area contributed by atoms with Crippen LogP contribution < -0.4 is 0 Å². The van der Waals surface area contributed by atoms with Crippen LogP contribution in [0.2, 0.25) is 5.02 Å². The van der Waals surface area contributed by atoms with E-state index in [9.17, 15) is 0 Å². The third-order valence-corrected chi connectivity index (χ3v) is 4.68. The van der Waals surface area contributed by atoms with Crippen molar-refractivity contribution in [2.45, 2.75) is 32.2 Å². The van der Waals surface area contributed by atoms with E-state index < -0.39 is 0 Å². The van der Waals surface area contributed by atoms with E-state index in [0.29, 0.717) is 5.02 Å². The molecule has 0 saturated carbocycles. The molecule has 0 aliphatic heterocycles. The lowest BCUT2D eigenvalue weighted by Gasteiger charge is -2.10. The van der Waals surface area contributed by atoms with E-state index in [2.05, 4.69) is 19.9 Å². The molecule has 1 unspecified atom stereocenters. The summed E-state index contributed by atoms with van der Waals surface area (Å²) in [6.45, 7) is 4.72. The number of halogens is 2. The first-order chi connectivity index (χ1) is 10.1. The Labute approximate surface area is 137 Å². The van der Waals surface area contributed by atoms with Gasteiger partial charge in [-0.2, -0.15) is 0 Å². The van der Waals surface area contributed by atoms with Gasteiger partial charge in [-0.25, -0.2) is 9.97 Å². The number of fused-ring (bicyclic) bond motifs is 1. The van der Waals surface area contributed by atoms with Gasteiger partial charge in [-0.05, 0) is 26.0 Å². The maximum absolute atomic E-state index is 6.35. The highest BCUT2D eigenvalue weighted by molar-refractivity contribution is 7.09. The van der Waals surface area contributed by atoms with E-state index in [1.54, 1.807) is 11.3 Å². The molecule has 0 radical (unpaired) electrons. The number of alkyl halides is 1. The molecule has 1 aromatic carbocycles. The number of hydrogen-bond donors (Lipinski definition) is 0. The van der Waals surface area contributed by atoms with Crippen LogP contribution in [-0.4, -0.2) is 14.5 Å². The maximum atomic E-state index is 6.35. The van der Waals surface area contributed by atoms with Gasteiger partial charge < -0.3 is 4.57 Å². The second-order valence-electron chi connectivity index (χ2n) is 4.95. The van der Waals surface area contributed by atoms with Crippen molar-refractivity contribution < 1.29 is 0 Å². The highest BCUT2D eigenvalue weighted by Gasteiger charge is 2.17. The van der Waals surface area contributed by atoms with Crippen LogP contribution in [0.1, 0.15) is 28.8 Å². The van der Waals surface area contributed by atoms with Gasteiger partial charge in [0, 0.05) is 18.3 Å². The van der Waals surface area contributed by atoms with E-state index in [1.165, 1.54) is 0 Å². The highest BCUT2D eigenvalue weighted by atomic mass is 35.5. The van der Waals surface area contributed by atoms with Gasteiger partial charge in [0.25, 0.3) is 0 Å². The predicted molar refractivity (Wildman–Crippen MR) is 89.6 cm³/mol. The Kier molecular flexibility index (Phi) is 4.20. The summed E-state index contributed by atoms with van der Waals surface area (Å²) < 4.78 is 2.12. The molecule has 3 nitrogen and oxygen atoms in total. The number of imidazole rings is 1. The van der Waals surface area contributed by atoms with Crippen molar-refractivity contribution in [3.05, 3.63) is 45.1 Å². The smallest absolute Gasteiger partial charge is 0.127 e. The molecule has 110 valence electrons. The standard InChI is InChI=1S/C15H15Cl2N3S/c1-9(16)15-19-13-5-3-4-12(17)14(13)20(15)7-6-11-8-21-10(2)18-11/h3-5,8-9H,6-7H2,1-2H3. The fourth-order valence-corrected chi connectivity index (χ4v) is 3.52. The Morgan fingerprint density at radius 2 is 2.14 bits per heavy atom. The molecule has 3 rings (SSSR count). The summed E-state index contributed by atoms with van der Waals surface area (Å²) in [5.41, 5.74) is 2.94. The third-order valence-electron chi connectivity index (χ3n) is 3.36. The number of nitrogens with zero attached hydrogens (tertiary/aromatic N) is 3. The average molecular weight is 340 g/mol. The molecule has 0 amide bonds.